The van der Waals surface area contributed by atoms with Crippen molar-refractivity contribution in [3.05, 3.63) is 24.3 Å². The summed E-state index contributed by atoms with van der Waals surface area (Å²) in [6.45, 7) is 3.73. The number of hydrogen-bond acceptors (Lipinski definition) is 5. The van der Waals surface area contributed by atoms with E-state index in [0.29, 0.717) is 0 Å². The second kappa shape index (κ2) is 6.72. The van der Waals surface area contributed by atoms with Gasteiger partial charge in [-0.3, -0.25) is 0 Å². The lowest BCUT2D eigenvalue weighted by Crippen LogP contribution is -2.21. The fourth-order valence-electron chi connectivity index (χ4n) is 2.68. The predicted octanol–water partition coefficient (Wildman–Crippen LogP) is 2.68. The fourth-order valence-corrected chi connectivity index (χ4v) is 2.68. The van der Waals surface area contributed by atoms with E-state index >= 15 is 0 Å². The van der Waals surface area contributed by atoms with Gasteiger partial charge in [0.25, 0.3) is 0 Å². The fraction of sp³-hybridized carbons (Fsp3) is 0.500. The number of para-hydroxylation sites is 1. The number of nitrogens with one attached hydrogen (secondary N) is 1. The van der Waals surface area contributed by atoms with Crippen molar-refractivity contribution in [2.45, 2.75) is 19.3 Å². The molecule has 5 heteroatoms. The van der Waals surface area contributed by atoms with E-state index in [1.165, 1.54) is 12.8 Å². The molecule has 1 aromatic carbocycles. The third-order valence-corrected chi connectivity index (χ3v) is 3.80. The van der Waals surface area contributed by atoms with Crippen LogP contribution in [0.2, 0.25) is 0 Å². The van der Waals surface area contributed by atoms with Crippen molar-refractivity contribution in [2.75, 3.05) is 43.6 Å². The highest BCUT2D eigenvalue weighted by Gasteiger charge is 2.17. The molecule has 0 unspecified atom stereocenters. The highest BCUT2D eigenvalue weighted by atomic mass is 16.5. The van der Waals surface area contributed by atoms with Gasteiger partial charge < -0.3 is 15.0 Å². The molecule has 0 aliphatic carbocycles. The third kappa shape index (κ3) is 3.24. The van der Waals surface area contributed by atoms with E-state index < -0.39 is 0 Å². The molecule has 0 saturated carbocycles. The summed E-state index contributed by atoms with van der Waals surface area (Å²) in [5.74, 6) is 1.78. The Kier molecular flexibility index (Phi) is 4.50. The maximum absolute atomic E-state index is 5.09. The predicted molar refractivity (Wildman–Crippen MR) is 86.0 cm³/mol. The Morgan fingerprint density at radius 3 is 2.81 bits per heavy atom. The monoisotopic (exact) mass is 286 g/mol. The lowest BCUT2D eigenvalue weighted by molar-refractivity contribution is 0.198. The van der Waals surface area contributed by atoms with Gasteiger partial charge in [0.1, 0.15) is 5.82 Å². The van der Waals surface area contributed by atoms with Crippen LogP contribution in [0.15, 0.2) is 24.3 Å². The second-order valence-corrected chi connectivity index (χ2v) is 5.36. The summed E-state index contributed by atoms with van der Waals surface area (Å²) in [5, 5.41) is 4.51. The quantitative estimate of drug-likeness (QED) is 0.827. The summed E-state index contributed by atoms with van der Waals surface area (Å²) in [6, 6.07) is 8.18. The second-order valence-electron chi connectivity index (χ2n) is 5.36. The first-order chi connectivity index (χ1) is 10.4. The standard InChI is InChI=1S/C16H22N4O/c1-21-12-6-9-17-15-13-7-2-3-8-14(13)18-16(19-15)20-10-4-5-11-20/h2-3,7-8H,4-6,9-12H2,1H3,(H,17,18,19). The summed E-state index contributed by atoms with van der Waals surface area (Å²) >= 11 is 0. The Balaban J connectivity index is 1.87. The molecule has 21 heavy (non-hydrogen) atoms. The first-order valence-electron chi connectivity index (χ1n) is 7.63. The van der Waals surface area contributed by atoms with Gasteiger partial charge in [0.2, 0.25) is 5.95 Å². The summed E-state index contributed by atoms with van der Waals surface area (Å²) in [5.41, 5.74) is 1.00. The molecule has 5 nitrogen and oxygen atoms in total. The minimum absolute atomic E-state index is 0.759. The Morgan fingerprint density at radius 2 is 2.00 bits per heavy atom. The third-order valence-electron chi connectivity index (χ3n) is 3.80. The molecule has 0 bridgehead atoms. The topological polar surface area (TPSA) is 50.3 Å². The number of hydrogen-bond donors (Lipinski definition) is 1. The highest BCUT2D eigenvalue weighted by molar-refractivity contribution is 5.90. The maximum atomic E-state index is 5.09. The molecular weight excluding hydrogens is 264 g/mol. The van der Waals surface area contributed by atoms with Crippen LogP contribution in [0, 0.1) is 0 Å². The van der Waals surface area contributed by atoms with Crippen LogP contribution in [-0.2, 0) is 4.74 Å². The van der Waals surface area contributed by atoms with Crippen LogP contribution in [0.25, 0.3) is 10.9 Å². The first-order valence-corrected chi connectivity index (χ1v) is 7.63. The van der Waals surface area contributed by atoms with E-state index in [1.54, 1.807) is 7.11 Å². The first kappa shape index (κ1) is 14.1. The minimum atomic E-state index is 0.759. The van der Waals surface area contributed by atoms with E-state index in [2.05, 4.69) is 22.3 Å². The molecule has 1 fully saturated rings. The Hall–Kier alpha value is -1.88. The van der Waals surface area contributed by atoms with Gasteiger partial charge in [0, 0.05) is 38.7 Å². The van der Waals surface area contributed by atoms with Crippen LogP contribution in [0.1, 0.15) is 19.3 Å². The minimum Gasteiger partial charge on any atom is -0.385 e. The van der Waals surface area contributed by atoms with E-state index in [0.717, 1.165) is 55.3 Å². The van der Waals surface area contributed by atoms with Gasteiger partial charge in [0.05, 0.1) is 5.52 Å². The van der Waals surface area contributed by atoms with Crippen molar-refractivity contribution in [1.82, 2.24) is 9.97 Å². The number of anilines is 2. The van der Waals surface area contributed by atoms with Crippen molar-refractivity contribution in [3.63, 3.8) is 0 Å². The van der Waals surface area contributed by atoms with Crippen molar-refractivity contribution in [1.29, 1.82) is 0 Å². The highest BCUT2D eigenvalue weighted by Crippen LogP contribution is 2.25. The van der Waals surface area contributed by atoms with Gasteiger partial charge in [-0.2, -0.15) is 4.98 Å². The summed E-state index contributed by atoms with van der Waals surface area (Å²) in [4.78, 5) is 11.7. The zero-order valence-corrected chi connectivity index (χ0v) is 12.5. The zero-order valence-electron chi connectivity index (χ0n) is 12.5. The number of ether oxygens (including phenoxy) is 1. The Morgan fingerprint density at radius 1 is 1.19 bits per heavy atom. The van der Waals surface area contributed by atoms with Crippen molar-refractivity contribution >= 4 is 22.7 Å². The number of rotatable bonds is 6. The van der Waals surface area contributed by atoms with E-state index in [-0.39, 0.29) is 0 Å². The molecule has 0 radical (unpaired) electrons. The molecule has 0 amide bonds. The molecule has 112 valence electrons. The van der Waals surface area contributed by atoms with E-state index in [1.807, 2.05) is 12.1 Å². The van der Waals surface area contributed by atoms with Gasteiger partial charge in [-0.05, 0) is 31.4 Å². The molecule has 2 heterocycles. The van der Waals surface area contributed by atoms with Gasteiger partial charge in [-0.25, -0.2) is 4.98 Å². The van der Waals surface area contributed by atoms with Crippen LogP contribution in [-0.4, -0.2) is 43.3 Å². The smallest absolute Gasteiger partial charge is 0.227 e. The van der Waals surface area contributed by atoms with Crippen molar-refractivity contribution in [3.8, 4) is 0 Å². The Bertz CT molecular complexity index is 596. The van der Waals surface area contributed by atoms with Gasteiger partial charge in [-0.1, -0.05) is 12.1 Å². The normalized spacial score (nSPS) is 14.8. The van der Waals surface area contributed by atoms with Crippen molar-refractivity contribution < 1.29 is 4.74 Å². The molecule has 2 aromatic rings. The molecule has 1 aliphatic heterocycles. The molecule has 3 rings (SSSR count). The summed E-state index contributed by atoms with van der Waals surface area (Å²) in [7, 11) is 1.73. The van der Waals surface area contributed by atoms with Gasteiger partial charge in [0.15, 0.2) is 0 Å². The number of benzene rings is 1. The number of aromatic nitrogens is 2. The number of methoxy groups -OCH3 is 1. The van der Waals surface area contributed by atoms with Gasteiger partial charge >= 0.3 is 0 Å². The van der Waals surface area contributed by atoms with E-state index in [9.17, 15) is 0 Å². The van der Waals surface area contributed by atoms with Crippen LogP contribution in [0.3, 0.4) is 0 Å². The van der Waals surface area contributed by atoms with E-state index in [4.69, 9.17) is 14.7 Å². The molecule has 1 aliphatic rings. The van der Waals surface area contributed by atoms with Crippen LogP contribution >= 0.6 is 0 Å². The zero-order chi connectivity index (χ0) is 14.5. The number of fused-ring (bicyclic) bond motifs is 1. The number of nitrogens with zero attached hydrogens (tertiary/aromatic N) is 3. The lowest BCUT2D eigenvalue weighted by Gasteiger charge is -2.17. The lowest BCUT2D eigenvalue weighted by atomic mass is 10.2. The Labute approximate surface area is 125 Å². The molecule has 1 N–H and O–H groups in total. The summed E-state index contributed by atoms with van der Waals surface area (Å²) < 4.78 is 5.09. The average molecular weight is 286 g/mol. The molecule has 1 aromatic heterocycles. The molecule has 0 atom stereocenters. The average Bonchev–Trinajstić information content (AvgIpc) is 3.05. The largest absolute Gasteiger partial charge is 0.385 e. The molecular formula is C16H22N4O. The van der Waals surface area contributed by atoms with Crippen LogP contribution in [0.5, 0.6) is 0 Å². The summed E-state index contributed by atoms with van der Waals surface area (Å²) in [6.07, 6.45) is 3.42. The molecule has 1 saturated heterocycles. The molecule has 0 spiro atoms. The van der Waals surface area contributed by atoms with Crippen LogP contribution < -0.4 is 10.2 Å². The maximum Gasteiger partial charge on any atom is 0.227 e. The van der Waals surface area contributed by atoms with Crippen LogP contribution in [0.4, 0.5) is 11.8 Å². The SMILES string of the molecule is COCCCNc1nc(N2CCCC2)nc2ccccc12. The van der Waals surface area contributed by atoms with Gasteiger partial charge in [-0.15, -0.1) is 0 Å². The van der Waals surface area contributed by atoms with Crippen molar-refractivity contribution in [2.24, 2.45) is 0 Å².